The van der Waals surface area contributed by atoms with E-state index in [9.17, 15) is 0 Å². The van der Waals surface area contributed by atoms with Gasteiger partial charge in [-0.25, -0.2) is 9.97 Å². The summed E-state index contributed by atoms with van der Waals surface area (Å²) in [6, 6.07) is 2.36. The molecule has 1 fully saturated rings. The van der Waals surface area contributed by atoms with Crippen LogP contribution in [-0.4, -0.2) is 16.0 Å². The molecule has 112 valence electrons. The van der Waals surface area contributed by atoms with Crippen molar-refractivity contribution >= 4 is 17.4 Å². The number of hydrogen-bond acceptors (Lipinski definition) is 3. The molecule has 2 rings (SSSR count). The van der Waals surface area contributed by atoms with Crippen molar-refractivity contribution in [2.45, 2.75) is 71.3 Å². The van der Waals surface area contributed by atoms with Gasteiger partial charge in [0.15, 0.2) is 0 Å². The Hall–Kier alpha value is -0.830. The molecule has 1 aliphatic carbocycles. The Bertz CT molecular complexity index is 446. The zero-order chi connectivity index (χ0) is 14.8. The van der Waals surface area contributed by atoms with Crippen molar-refractivity contribution in [3.8, 4) is 0 Å². The van der Waals surface area contributed by atoms with Crippen molar-refractivity contribution in [1.82, 2.24) is 9.97 Å². The molecular formula is C16H26ClN3. The van der Waals surface area contributed by atoms with Crippen LogP contribution in [0.5, 0.6) is 0 Å². The highest BCUT2D eigenvalue weighted by Crippen LogP contribution is 2.29. The molecule has 20 heavy (non-hydrogen) atoms. The van der Waals surface area contributed by atoms with Crippen LogP contribution in [0.1, 0.15) is 65.6 Å². The highest BCUT2D eigenvalue weighted by molar-refractivity contribution is 6.29. The molecule has 1 N–H and O–H groups in total. The Morgan fingerprint density at radius 3 is 2.40 bits per heavy atom. The van der Waals surface area contributed by atoms with Gasteiger partial charge in [-0.05, 0) is 31.6 Å². The van der Waals surface area contributed by atoms with Crippen molar-refractivity contribution in [2.75, 3.05) is 5.32 Å². The second-order valence-electron chi connectivity index (χ2n) is 6.92. The van der Waals surface area contributed by atoms with E-state index >= 15 is 0 Å². The second-order valence-corrected chi connectivity index (χ2v) is 7.31. The first-order valence-electron chi connectivity index (χ1n) is 7.70. The molecule has 0 saturated heterocycles. The molecule has 1 saturated carbocycles. The predicted molar refractivity (Wildman–Crippen MR) is 85.4 cm³/mol. The van der Waals surface area contributed by atoms with Crippen LogP contribution in [0.3, 0.4) is 0 Å². The quantitative estimate of drug-likeness (QED) is 0.813. The molecule has 1 aromatic heterocycles. The molecule has 0 spiro atoms. The molecule has 1 aromatic rings. The number of rotatable bonds is 3. The van der Waals surface area contributed by atoms with E-state index in [0.717, 1.165) is 17.6 Å². The number of hydrogen-bond donors (Lipinski definition) is 1. The van der Waals surface area contributed by atoms with E-state index in [4.69, 9.17) is 11.6 Å². The lowest BCUT2D eigenvalue weighted by atomic mass is 9.84. The van der Waals surface area contributed by atoms with Crippen LogP contribution in [0.2, 0.25) is 5.15 Å². The van der Waals surface area contributed by atoms with Gasteiger partial charge in [-0.2, -0.15) is 0 Å². The molecule has 0 radical (unpaired) electrons. The molecule has 3 nitrogen and oxygen atoms in total. The molecule has 0 aliphatic heterocycles. The van der Waals surface area contributed by atoms with Crippen molar-refractivity contribution in [1.29, 1.82) is 0 Å². The van der Waals surface area contributed by atoms with Gasteiger partial charge < -0.3 is 5.32 Å². The van der Waals surface area contributed by atoms with Gasteiger partial charge in [0, 0.05) is 17.5 Å². The first kappa shape index (κ1) is 15.6. The minimum atomic E-state index is -0.0821. The highest BCUT2D eigenvalue weighted by Gasteiger charge is 2.22. The van der Waals surface area contributed by atoms with E-state index in [0.29, 0.717) is 11.2 Å². The summed E-state index contributed by atoms with van der Waals surface area (Å²) in [7, 11) is 0. The van der Waals surface area contributed by atoms with E-state index < -0.39 is 0 Å². The number of nitrogens with one attached hydrogen (secondary N) is 1. The summed E-state index contributed by atoms with van der Waals surface area (Å²) >= 11 is 6.13. The van der Waals surface area contributed by atoms with Crippen molar-refractivity contribution in [3.63, 3.8) is 0 Å². The normalized spacial score (nSPS) is 23.6. The van der Waals surface area contributed by atoms with Gasteiger partial charge in [0.05, 0.1) is 0 Å². The Labute approximate surface area is 127 Å². The van der Waals surface area contributed by atoms with Crippen LogP contribution in [-0.2, 0) is 5.41 Å². The average molecular weight is 296 g/mol. The molecule has 0 amide bonds. The van der Waals surface area contributed by atoms with Gasteiger partial charge in [0.1, 0.15) is 16.8 Å². The molecular weight excluding hydrogens is 270 g/mol. The maximum atomic E-state index is 6.13. The molecule has 0 aromatic carbocycles. The number of anilines is 1. The molecule has 1 heterocycles. The second kappa shape index (κ2) is 6.30. The van der Waals surface area contributed by atoms with Gasteiger partial charge in [-0.15, -0.1) is 0 Å². The first-order valence-corrected chi connectivity index (χ1v) is 8.08. The lowest BCUT2D eigenvalue weighted by molar-refractivity contribution is 0.329. The highest BCUT2D eigenvalue weighted by atomic mass is 35.5. The van der Waals surface area contributed by atoms with Crippen LogP contribution in [0.25, 0.3) is 0 Å². The minimum absolute atomic E-state index is 0.0821. The minimum Gasteiger partial charge on any atom is -0.367 e. The summed E-state index contributed by atoms with van der Waals surface area (Å²) < 4.78 is 0. The van der Waals surface area contributed by atoms with Crippen LogP contribution < -0.4 is 5.32 Å². The molecule has 0 atom stereocenters. The van der Waals surface area contributed by atoms with E-state index in [2.05, 4.69) is 43.0 Å². The van der Waals surface area contributed by atoms with Gasteiger partial charge in [0.2, 0.25) is 0 Å². The average Bonchev–Trinajstić information content (AvgIpc) is 2.38. The van der Waals surface area contributed by atoms with Crippen LogP contribution >= 0.6 is 11.6 Å². The number of halogens is 1. The molecule has 0 unspecified atom stereocenters. The molecule has 0 bridgehead atoms. The summed E-state index contributed by atoms with van der Waals surface area (Å²) in [6.45, 7) is 8.61. The van der Waals surface area contributed by atoms with Gasteiger partial charge >= 0.3 is 0 Å². The van der Waals surface area contributed by atoms with Crippen molar-refractivity contribution in [3.05, 3.63) is 17.0 Å². The zero-order valence-corrected chi connectivity index (χ0v) is 13.8. The SMILES string of the molecule is CCC1CCC(Nc2cc(Cl)nc(C(C)(C)C)n2)CC1. The summed E-state index contributed by atoms with van der Waals surface area (Å²) in [6.07, 6.45) is 6.40. The van der Waals surface area contributed by atoms with E-state index in [1.54, 1.807) is 0 Å². The van der Waals surface area contributed by atoms with Crippen molar-refractivity contribution in [2.24, 2.45) is 5.92 Å². The van der Waals surface area contributed by atoms with Gasteiger partial charge in [-0.1, -0.05) is 45.7 Å². The van der Waals surface area contributed by atoms with Crippen LogP contribution in [0.15, 0.2) is 6.07 Å². The van der Waals surface area contributed by atoms with Crippen LogP contribution in [0, 0.1) is 5.92 Å². The zero-order valence-electron chi connectivity index (χ0n) is 13.0. The Kier molecular flexibility index (Phi) is 4.90. The summed E-state index contributed by atoms with van der Waals surface area (Å²) in [5, 5.41) is 4.07. The Balaban J connectivity index is 2.05. The maximum Gasteiger partial charge on any atom is 0.137 e. The Morgan fingerprint density at radius 1 is 1.20 bits per heavy atom. The van der Waals surface area contributed by atoms with Gasteiger partial charge in [0.25, 0.3) is 0 Å². The topological polar surface area (TPSA) is 37.8 Å². The number of nitrogens with zero attached hydrogens (tertiary/aromatic N) is 2. The Morgan fingerprint density at radius 2 is 1.85 bits per heavy atom. The fourth-order valence-corrected chi connectivity index (χ4v) is 2.93. The lowest BCUT2D eigenvalue weighted by Crippen LogP contribution is -2.27. The van der Waals surface area contributed by atoms with Crippen LogP contribution in [0.4, 0.5) is 5.82 Å². The largest absolute Gasteiger partial charge is 0.367 e. The summed E-state index contributed by atoms with van der Waals surface area (Å²) in [5.74, 6) is 2.58. The standard InChI is InChI=1S/C16H26ClN3/c1-5-11-6-8-12(9-7-11)18-14-10-13(17)19-15(20-14)16(2,3)4/h10-12H,5-9H2,1-4H3,(H,18,19,20). The summed E-state index contributed by atoms with van der Waals surface area (Å²) in [5.41, 5.74) is -0.0821. The monoisotopic (exact) mass is 295 g/mol. The smallest absolute Gasteiger partial charge is 0.137 e. The van der Waals surface area contributed by atoms with E-state index in [1.807, 2.05) is 6.07 Å². The fraction of sp³-hybridized carbons (Fsp3) is 0.750. The fourth-order valence-electron chi connectivity index (χ4n) is 2.75. The van der Waals surface area contributed by atoms with E-state index in [1.165, 1.54) is 32.1 Å². The maximum absolute atomic E-state index is 6.13. The molecule has 4 heteroatoms. The lowest BCUT2D eigenvalue weighted by Gasteiger charge is -2.29. The third-order valence-electron chi connectivity index (χ3n) is 4.14. The molecule has 1 aliphatic rings. The third kappa shape index (κ3) is 4.08. The third-order valence-corrected chi connectivity index (χ3v) is 4.34. The van der Waals surface area contributed by atoms with Crippen molar-refractivity contribution < 1.29 is 0 Å². The predicted octanol–water partition coefficient (Wildman–Crippen LogP) is 4.81. The number of aromatic nitrogens is 2. The summed E-state index contributed by atoms with van der Waals surface area (Å²) in [4.78, 5) is 8.97. The van der Waals surface area contributed by atoms with E-state index in [-0.39, 0.29) is 5.41 Å². The van der Waals surface area contributed by atoms with Gasteiger partial charge in [-0.3, -0.25) is 0 Å². The first-order chi connectivity index (χ1) is 9.38.